The lowest BCUT2D eigenvalue weighted by atomic mass is 10.0. The van der Waals surface area contributed by atoms with Crippen molar-refractivity contribution in [2.45, 2.75) is 6.42 Å². The van der Waals surface area contributed by atoms with Crippen molar-refractivity contribution < 1.29 is 14.2 Å². The Balaban J connectivity index is 2.32. The molecule has 0 saturated carbocycles. The van der Waals surface area contributed by atoms with Gasteiger partial charge in [0.2, 0.25) is 0 Å². The van der Waals surface area contributed by atoms with Gasteiger partial charge in [-0.3, -0.25) is 0 Å². The number of ether oxygens (including phenoxy) is 1. The molecule has 1 aromatic carbocycles. The Hall–Kier alpha value is -1.35. The summed E-state index contributed by atoms with van der Waals surface area (Å²) in [5, 5.41) is 9.02. The third kappa shape index (κ3) is 1.77. The van der Waals surface area contributed by atoms with Gasteiger partial charge >= 0.3 is 0 Å². The zero-order chi connectivity index (χ0) is 9.97. The summed E-state index contributed by atoms with van der Waals surface area (Å²) >= 11 is 0. The molecule has 1 aliphatic rings. The normalized spacial score (nSPS) is 16.5. The highest BCUT2D eigenvalue weighted by molar-refractivity contribution is 5.66. The fraction of sp³-hybridized carbons (Fsp3) is 0.273. The van der Waals surface area contributed by atoms with Crippen LogP contribution in [-0.4, -0.2) is 18.3 Å². The molecule has 0 fully saturated rings. The number of hydrogen-bond acceptors (Lipinski definition) is 2. The Kier molecular flexibility index (Phi) is 2.50. The van der Waals surface area contributed by atoms with Crippen molar-refractivity contribution in [2.75, 3.05) is 13.2 Å². The lowest BCUT2D eigenvalue weighted by Crippen LogP contribution is -2.03. The van der Waals surface area contributed by atoms with Crippen molar-refractivity contribution in [3.05, 3.63) is 35.7 Å². The van der Waals surface area contributed by atoms with E-state index in [9.17, 15) is 4.39 Å². The van der Waals surface area contributed by atoms with E-state index in [-0.39, 0.29) is 5.75 Å². The Labute approximate surface area is 81.6 Å². The van der Waals surface area contributed by atoms with Crippen LogP contribution in [0.25, 0.3) is 5.57 Å². The summed E-state index contributed by atoms with van der Waals surface area (Å²) < 4.78 is 18.2. The van der Waals surface area contributed by atoms with Gasteiger partial charge in [-0.25, -0.2) is 4.39 Å². The second-order valence-electron chi connectivity index (χ2n) is 3.22. The van der Waals surface area contributed by atoms with Crippen molar-refractivity contribution in [1.29, 1.82) is 0 Å². The largest absolute Gasteiger partial charge is 0.505 e. The van der Waals surface area contributed by atoms with Gasteiger partial charge in [0.15, 0.2) is 11.6 Å². The van der Waals surface area contributed by atoms with Gasteiger partial charge in [0, 0.05) is 0 Å². The molecule has 14 heavy (non-hydrogen) atoms. The summed E-state index contributed by atoms with van der Waals surface area (Å²) in [5.41, 5.74) is 1.90. The number of phenols is 1. The molecular weight excluding hydrogens is 183 g/mol. The molecule has 0 aliphatic carbocycles. The molecule has 0 unspecified atom stereocenters. The van der Waals surface area contributed by atoms with Crippen LogP contribution in [0.5, 0.6) is 5.75 Å². The SMILES string of the molecule is Oc1ccc(C2=CCOCC2)cc1F. The summed E-state index contributed by atoms with van der Waals surface area (Å²) in [5.74, 6) is -0.878. The van der Waals surface area contributed by atoms with E-state index in [2.05, 4.69) is 0 Å². The molecule has 0 atom stereocenters. The van der Waals surface area contributed by atoms with Gasteiger partial charge in [-0.2, -0.15) is 0 Å². The van der Waals surface area contributed by atoms with Crippen LogP contribution >= 0.6 is 0 Å². The first kappa shape index (κ1) is 9.21. The van der Waals surface area contributed by atoms with Gasteiger partial charge in [-0.1, -0.05) is 12.1 Å². The first-order chi connectivity index (χ1) is 6.77. The van der Waals surface area contributed by atoms with Gasteiger partial charge in [0.05, 0.1) is 13.2 Å². The van der Waals surface area contributed by atoms with E-state index < -0.39 is 5.82 Å². The summed E-state index contributed by atoms with van der Waals surface area (Å²) in [7, 11) is 0. The van der Waals surface area contributed by atoms with E-state index >= 15 is 0 Å². The zero-order valence-electron chi connectivity index (χ0n) is 7.66. The van der Waals surface area contributed by atoms with E-state index in [0.717, 1.165) is 17.6 Å². The van der Waals surface area contributed by atoms with Crippen LogP contribution in [-0.2, 0) is 4.74 Å². The third-order valence-electron chi connectivity index (χ3n) is 2.28. The summed E-state index contributed by atoms with van der Waals surface area (Å²) in [6, 6.07) is 4.45. The predicted molar refractivity (Wildman–Crippen MR) is 51.5 cm³/mol. The van der Waals surface area contributed by atoms with Crippen LogP contribution in [0.4, 0.5) is 4.39 Å². The zero-order valence-corrected chi connectivity index (χ0v) is 7.66. The van der Waals surface area contributed by atoms with Gasteiger partial charge < -0.3 is 9.84 Å². The number of phenolic OH excluding ortho intramolecular Hbond substituents is 1. The van der Waals surface area contributed by atoms with Crippen LogP contribution in [0.2, 0.25) is 0 Å². The second-order valence-corrected chi connectivity index (χ2v) is 3.22. The maximum Gasteiger partial charge on any atom is 0.165 e. The van der Waals surface area contributed by atoms with Crippen LogP contribution in [0.3, 0.4) is 0 Å². The number of halogens is 1. The lowest BCUT2D eigenvalue weighted by Gasteiger charge is -2.13. The first-order valence-corrected chi connectivity index (χ1v) is 4.53. The number of benzene rings is 1. The molecule has 3 heteroatoms. The molecular formula is C11H11FO2. The lowest BCUT2D eigenvalue weighted by molar-refractivity contribution is 0.161. The minimum Gasteiger partial charge on any atom is -0.505 e. The maximum atomic E-state index is 13.0. The average molecular weight is 194 g/mol. The van der Waals surface area contributed by atoms with Crippen molar-refractivity contribution in [2.24, 2.45) is 0 Å². The summed E-state index contributed by atoms with van der Waals surface area (Å²) in [4.78, 5) is 0. The van der Waals surface area contributed by atoms with Crippen LogP contribution < -0.4 is 0 Å². The maximum absolute atomic E-state index is 13.0. The molecule has 1 N–H and O–H groups in total. The quantitative estimate of drug-likeness (QED) is 0.743. The molecule has 1 aliphatic heterocycles. The van der Waals surface area contributed by atoms with E-state index in [0.29, 0.717) is 13.2 Å². The van der Waals surface area contributed by atoms with Gasteiger partial charge in [-0.05, 0) is 29.7 Å². The Morgan fingerprint density at radius 3 is 2.86 bits per heavy atom. The van der Waals surface area contributed by atoms with Crippen molar-refractivity contribution in [3.63, 3.8) is 0 Å². The van der Waals surface area contributed by atoms with E-state index in [4.69, 9.17) is 9.84 Å². The van der Waals surface area contributed by atoms with Crippen molar-refractivity contribution >= 4 is 5.57 Å². The molecule has 0 amide bonds. The molecule has 0 radical (unpaired) electrons. The van der Waals surface area contributed by atoms with Gasteiger partial charge in [-0.15, -0.1) is 0 Å². The average Bonchev–Trinajstić information content (AvgIpc) is 2.23. The van der Waals surface area contributed by atoms with Crippen molar-refractivity contribution in [1.82, 2.24) is 0 Å². The minimum absolute atomic E-state index is 0.304. The molecule has 0 bridgehead atoms. The highest BCUT2D eigenvalue weighted by atomic mass is 19.1. The van der Waals surface area contributed by atoms with Gasteiger partial charge in [0.25, 0.3) is 0 Å². The van der Waals surface area contributed by atoms with Crippen LogP contribution in [0.15, 0.2) is 24.3 Å². The molecule has 1 heterocycles. The minimum atomic E-state index is -0.574. The molecule has 1 aromatic rings. The molecule has 0 aromatic heterocycles. The smallest absolute Gasteiger partial charge is 0.165 e. The molecule has 2 rings (SSSR count). The standard InChI is InChI=1S/C11H11FO2/c12-10-7-9(1-2-11(10)13)8-3-5-14-6-4-8/h1-3,7,13H,4-6H2. The Morgan fingerprint density at radius 1 is 1.36 bits per heavy atom. The molecule has 74 valence electrons. The second kappa shape index (κ2) is 3.80. The highest BCUT2D eigenvalue weighted by Gasteiger charge is 2.08. The summed E-state index contributed by atoms with van der Waals surface area (Å²) in [6.07, 6.45) is 2.74. The third-order valence-corrected chi connectivity index (χ3v) is 2.28. The molecule has 0 saturated heterocycles. The Morgan fingerprint density at radius 2 is 2.21 bits per heavy atom. The number of aromatic hydroxyl groups is 1. The molecule has 0 spiro atoms. The number of rotatable bonds is 1. The first-order valence-electron chi connectivity index (χ1n) is 4.53. The predicted octanol–water partition coefficient (Wildman–Crippen LogP) is 2.33. The topological polar surface area (TPSA) is 29.5 Å². The van der Waals surface area contributed by atoms with Crippen LogP contribution in [0, 0.1) is 5.82 Å². The Bertz CT molecular complexity index is 372. The van der Waals surface area contributed by atoms with Gasteiger partial charge in [0.1, 0.15) is 0 Å². The number of hydrogen-bond donors (Lipinski definition) is 1. The summed E-state index contributed by atoms with van der Waals surface area (Å²) in [6.45, 7) is 1.26. The van der Waals surface area contributed by atoms with E-state index in [1.54, 1.807) is 6.07 Å². The fourth-order valence-electron chi connectivity index (χ4n) is 1.50. The van der Waals surface area contributed by atoms with E-state index in [1.807, 2.05) is 6.08 Å². The van der Waals surface area contributed by atoms with E-state index in [1.165, 1.54) is 12.1 Å². The highest BCUT2D eigenvalue weighted by Crippen LogP contribution is 2.25. The molecule has 2 nitrogen and oxygen atoms in total. The monoisotopic (exact) mass is 194 g/mol. The van der Waals surface area contributed by atoms with Crippen LogP contribution in [0.1, 0.15) is 12.0 Å². The fourth-order valence-corrected chi connectivity index (χ4v) is 1.50. The van der Waals surface area contributed by atoms with Crippen molar-refractivity contribution in [3.8, 4) is 5.75 Å².